The third kappa shape index (κ3) is 5.82. The maximum absolute atomic E-state index is 11.7. The zero-order valence-corrected chi connectivity index (χ0v) is 13.8. The molecule has 0 unspecified atom stereocenters. The van der Waals surface area contributed by atoms with Gasteiger partial charge in [0.15, 0.2) is 0 Å². The van der Waals surface area contributed by atoms with Gasteiger partial charge >= 0.3 is 5.97 Å². The average Bonchev–Trinajstić information content (AvgIpc) is 3.21. The van der Waals surface area contributed by atoms with Gasteiger partial charge < -0.3 is 20.8 Å². The first-order valence-electron chi connectivity index (χ1n) is 8.32. The first kappa shape index (κ1) is 18.8. The van der Waals surface area contributed by atoms with Crippen LogP contribution in [-0.4, -0.2) is 60.3 Å². The number of rotatable bonds is 8. The molecule has 10 nitrogen and oxygen atoms in total. The number of nitrogens with one attached hydrogen (secondary N) is 3. The Morgan fingerprint density at radius 1 is 1.08 bits per heavy atom. The lowest BCUT2D eigenvalue weighted by atomic mass is 10.2. The van der Waals surface area contributed by atoms with Gasteiger partial charge in [0, 0.05) is 32.4 Å². The van der Waals surface area contributed by atoms with Gasteiger partial charge in [-0.05, 0) is 19.4 Å². The highest BCUT2D eigenvalue weighted by atomic mass is 16.7. The number of hydrogen-bond donors (Lipinski definition) is 3. The third-order valence-corrected chi connectivity index (χ3v) is 3.88. The van der Waals surface area contributed by atoms with Gasteiger partial charge in [0.25, 0.3) is 11.8 Å². The van der Waals surface area contributed by atoms with Gasteiger partial charge in [-0.15, -0.1) is 5.06 Å². The van der Waals surface area contributed by atoms with Crippen LogP contribution in [0.1, 0.15) is 38.5 Å². The van der Waals surface area contributed by atoms with Crippen LogP contribution in [0.5, 0.6) is 0 Å². The van der Waals surface area contributed by atoms with E-state index in [4.69, 9.17) is 0 Å². The molecule has 0 spiro atoms. The molecule has 1 atom stereocenters. The Kier molecular flexibility index (Phi) is 6.87. The molecule has 0 aromatic carbocycles. The van der Waals surface area contributed by atoms with E-state index >= 15 is 0 Å². The molecule has 25 heavy (non-hydrogen) atoms. The van der Waals surface area contributed by atoms with E-state index in [2.05, 4.69) is 20.8 Å². The number of hydrogen-bond acceptors (Lipinski definition) is 7. The molecule has 0 saturated carbocycles. The van der Waals surface area contributed by atoms with E-state index in [9.17, 15) is 24.0 Å². The predicted molar refractivity (Wildman–Crippen MR) is 83.5 cm³/mol. The number of hydroxylamine groups is 2. The number of imide groups is 1. The Bertz CT molecular complexity index is 542. The first-order valence-corrected chi connectivity index (χ1v) is 8.32. The monoisotopic (exact) mass is 354 g/mol. The second-order valence-corrected chi connectivity index (χ2v) is 5.84. The second kappa shape index (κ2) is 9.11. The fourth-order valence-electron chi connectivity index (χ4n) is 2.53. The molecule has 0 aromatic rings. The van der Waals surface area contributed by atoms with Gasteiger partial charge in [-0.25, -0.2) is 4.79 Å². The van der Waals surface area contributed by atoms with Crippen molar-refractivity contribution in [1.29, 1.82) is 0 Å². The summed E-state index contributed by atoms with van der Waals surface area (Å²) in [5.74, 6) is -2.30. The van der Waals surface area contributed by atoms with E-state index in [0.717, 1.165) is 19.4 Å². The Labute approximate surface area is 144 Å². The summed E-state index contributed by atoms with van der Waals surface area (Å²) in [6.45, 7) is 1.05. The van der Waals surface area contributed by atoms with E-state index < -0.39 is 17.8 Å². The van der Waals surface area contributed by atoms with Crippen LogP contribution in [0.2, 0.25) is 0 Å². The average molecular weight is 354 g/mol. The van der Waals surface area contributed by atoms with Crippen molar-refractivity contribution < 1.29 is 28.8 Å². The van der Waals surface area contributed by atoms with E-state index in [1.165, 1.54) is 0 Å². The maximum atomic E-state index is 11.7. The van der Waals surface area contributed by atoms with E-state index in [-0.39, 0.29) is 56.6 Å². The summed E-state index contributed by atoms with van der Waals surface area (Å²) in [5.41, 5.74) is 0. The Balaban J connectivity index is 1.54. The number of carbonyl (C=O) groups excluding carboxylic acids is 5. The molecule has 0 aromatic heterocycles. The van der Waals surface area contributed by atoms with Crippen molar-refractivity contribution in [3.8, 4) is 0 Å². The molecule has 3 N–H and O–H groups in total. The molecule has 10 heteroatoms. The SMILES string of the molecule is O=C(CCNC(=O)[C@@H]1CCCN1)NCCC(=O)ON1C(=O)CCC1=O. The molecule has 2 saturated heterocycles. The molecule has 2 aliphatic rings. The molecule has 2 rings (SSSR count). The van der Waals surface area contributed by atoms with Crippen LogP contribution in [0.15, 0.2) is 0 Å². The molecule has 4 amide bonds. The minimum atomic E-state index is -0.774. The Hall–Kier alpha value is -2.49. The van der Waals surface area contributed by atoms with Crippen molar-refractivity contribution in [2.24, 2.45) is 0 Å². The lowest BCUT2D eigenvalue weighted by Gasteiger charge is -2.13. The van der Waals surface area contributed by atoms with Crippen LogP contribution in [0, 0.1) is 0 Å². The Morgan fingerprint density at radius 3 is 2.40 bits per heavy atom. The molecular formula is C15H22N4O6. The molecule has 0 bridgehead atoms. The van der Waals surface area contributed by atoms with Crippen LogP contribution < -0.4 is 16.0 Å². The van der Waals surface area contributed by atoms with E-state index in [1.54, 1.807) is 0 Å². The third-order valence-electron chi connectivity index (χ3n) is 3.88. The smallest absolute Gasteiger partial charge is 0.334 e. The summed E-state index contributed by atoms with van der Waals surface area (Å²) in [7, 11) is 0. The van der Waals surface area contributed by atoms with Gasteiger partial charge in [0.2, 0.25) is 11.8 Å². The second-order valence-electron chi connectivity index (χ2n) is 5.84. The summed E-state index contributed by atoms with van der Waals surface area (Å²) in [5, 5.41) is 8.72. The van der Waals surface area contributed by atoms with Crippen molar-refractivity contribution in [2.45, 2.75) is 44.6 Å². The van der Waals surface area contributed by atoms with E-state index in [0.29, 0.717) is 5.06 Å². The lowest BCUT2D eigenvalue weighted by Crippen LogP contribution is -2.41. The van der Waals surface area contributed by atoms with Crippen molar-refractivity contribution >= 4 is 29.6 Å². The van der Waals surface area contributed by atoms with Crippen molar-refractivity contribution in [3.05, 3.63) is 0 Å². The number of amides is 4. The minimum absolute atomic E-state index is 0.0199. The molecule has 2 aliphatic heterocycles. The highest BCUT2D eigenvalue weighted by Gasteiger charge is 2.32. The van der Waals surface area contributed by atoms with Gasteiger partial charge in [-0.3, -0.25) is 19.2 Å². The van der Waals surface area contributed by atoms with Crippen molar-refractivity contribution in [1.82, 2.24) is 21.0 Å². The summed E-state index contributed by atoms with van der Waals surface area (Å²) < 4.78 is 0. The zero-order valence-electron chi connectivity index (χ0n) is 13.8. The number of nitrogens with zero attached hydrogens (tertiary/aromatic N) is 1. The highest BCUT2D eigenvalue weighted by molar-refractivity contribution is 6.01. The molecule has 2 heterocycles. The summed E-state index contributed by atoms with van der Waals surface area (Å²) in [6, 6.07) is -0.186. The Morgan fingerprint density at radius 2 is 1.76 bits per heavy atom. The molecule has 0 radical (unpaired) electrons. The fourth-order valence-corrected chi connectivity index (χ4v) is 2.53. The van der Waals surface area contributed by atoms with Crippen LogP contribution in [0.3, 0.4) is 0 Å². The first-order chi connectivity index (χ1) is 12.0. The zero-order chi connectivity index (χ0) is 18.2. The summed E-state index contributed by atoms with van der Waals surface area (Å²) >= 11 is 0. The standard InChI is InChI=1S/C15H22N4O6/c20-11(5-8-18-15(24)10-2-1-7-16-10)17-9-6-14(23)25-19-12(21)3-4-13(19)22/h10,16H,1-9H2,(H,17,20)(H,18,24)/t10-/m0/s1. The lowest BCUT2D eigenvalue weighted by molar-refractivity contribution is -0.197. The van der Waals surface area contributed by atoms with E-state index in [1.807, 2.05) is 0 Å². The summed E-state index contributed by atoms with van der Waals surface area (Å²) in [6.07, 6.45) is 1.75. The summed E-state index contributed by atoms with van der Waals surface area (Å²) in [4.78, 5) is 62.1. The van der Waals surface area contributed by atoms with Gasteiger partial charge in [-0.1, -0.05) is 0 Å². The van der Waals surface area contributed by atoms with Gasteiger partial charge in [0.1, 0.15) is 0 Å². The molecule has 0 aliphatic carbocycles. The number of carbonyl (C=O) groups is 5. The highest BCUT2D eigenvalue weighted by Crippen LogP contribution is 2.12. The van der Waals surface area contributed by atoms with Crippen LogP contribution >= 0.6 is 0 Å². The van der Waals surface area contributed by atoms with Gasteiger partial charge in [-0.2, -0.15) is 0 Å². The normalized spacial score (nSPS) is 19.8. The maximum Gasteiger partial charge on any atom is 0.334 e. The molecular weight excluding hydrogens is 332 g/mol. The van der Waals surface area contributed by atoms with Crippen molar-refractivity contribution in [3.63, 3.8) is 0 Å². The van der Waals surface area contributed by atoms with Crippen LogP contribution in [0.25, 0.3) is 0 Å². The predicted octanol–water partition coefficient (Wildman–Crippen LogP) is -1.64. The van der Waals surface area contributed by atoms with Crippen LogP contribution in [0.4, 0.5) is 0 Å². The topological polar surface area (TPSA) is 134 Å². The van der Waals surface area contributed by atoms with Gasteiger partial charge in [0.05, 0.1) is 12.5 Å². The fraction of sp³-hybridized carbons (Fsp3) is 0.667. The molecule has 2 fully saturated rings. The van der Waals surface area contributed by atoms with Crippen molar-refractivity contribution in [2.75, 3.05) is 19.6 Å². The molecule has 138 valence electrons. The van der Waals surface area contributed by atoms with Crippen LogP contribution in [-0.2, 0) is 28.8 Å². The minimum Gasteiger partial charge on any atom is -0.355 e. The quantitative estimate of drug-likeness (QED) is 0.445. The largest absolute Gasteiger partial charge is 0.355 e.